The third-order valence-corrected chi connectivity index (χ3v) is 4.83. The predicted molar refractivity (Wildman–Crippen MR) is 84.8 cm³/mol. The Bertz CT molecular complexity index is 593. The fourth-order valence-corrected chi connectivity index (χ4v) is 3.74. The first kappa shape index (κ1) is 14.6. The average Bonchev–Trinajstić information content (AvgIpc) is 2.32. The number of hydrogen-bond donors (Lipinski definition) is 1. The Hall–Kier alpha value is -0.770. The molecule has 3 heteroatoms. The fourth-order valence-electron chi connectivity index (χ4n) is 1.95. The first-order valence-electron chi connectivity index (χ1n) is 6.20. The standard InChI is InChI=1S/C16H17BrOS/c1-10-4-7-16(11(2)8-10)19-13-5-6-14(12(3)18)15(17)9-13/h4-9,12,18H,1-3H3. The van der Waals surface area contributed by atoms with Gasteiger partial charge in [-0.05, 0) is 50.1 Å². The lowest BCUT2D eigenvalue weighted by molar-refractivity contribution is 0.198. The number of rotatable bonds is 3. The van der Waals surface area contributed by atoms with E-state index in [0.717, 1.165) is 10.0 Å². The molecular weight excluding hydrogens is 320 g/mol. The molecule has 0 radical (unpaired) electrons. The summed E-state index contributed by atoms with van der Waals surface area (Å²) in [7, 11) is 0. The number of aryl methyl sites for hydroxylation is 2. The molecule has 1 nitrogen and oxygen atoms in total. The zero-order valence-corrected chi connectivity index (χ0v) is 13.7. The minimum Gasteiger partial charge on any atom is -0.389 e. The summed E-state index contributed by atoms with van der Waals surface area (Å²) in [6.07, 6.45) is -0.450. The summed E-state index contributed by atoms with van der Waals surface area (Å²) < 4.78 is 0.956. The van der Waals surface area contributed by atoms with Crippen molar-refractivity contribution in [3.8, 4) is 0 Å². The van der Waals surface area contributed by atoms with Crippen molar-refractivity contribution in [2.75, 3.05) is 0 Å². The summed E-state index contributed by atoms with van der Waals surface area (Å²) in [6, 6.07) is 12.6. The molecule has 19 heavy (non-hydrogen) atoms. The van der Waals surface area contributed by atoms with Crippen LogP contribution in [0.3, 0.4) is 0 Å². The topological polar surface area (TPSA) is 20.2 Å². The molecule has 100 valence electrons. The second-order valence-corrected chi connectivity index (χ2v) is 6.70. The normalized spacial score (nSPS) is 12.5. The van der Waals surface area contributed by atoms with Gasteiger partial charge in [0.1, 0.15) is 0 Å². The summed E-state index contributed by atoms with van der Waals surface area (Å²) in [6.45, 7) is 6.01. The van der Waals surface area contributed by atoms with E-state index in [1.54, 1.807) is 18.7 Å². The smallest absolute Gasteiger partial charge is 0.0772 e. The molecule has 0 bridgehead atoms. The van der Waals surface area contributed by atoms with Crippen molar-refractivity contribution in [3.05, 3.63) is 57.6 Å². The average molecular weight is 337 g/mol. The predicted octanol–water partition coefficient (Wildman–Crippen LogP) is 5.27. The molecule has 0 amide bonds. The van der Waals surface area contributed by atoms with Gasteiger partial charge in [-0.1, -0.05) is 51.5 Å². The Balaban J connectivity index is 2.26. The molecule has 0 aliphatic heterocycles. The molecule has 0 heterocycles. The molecule has 0 saturated heterocycles. The Kier molecular flexibility index (Phi) is 4.71. The van der Waals surface area contributed by atoms with E-state index in [0.29, 0.717) is 0 Å². The first-order valence-corrected chi connectivity index (χ1v) is 7.81. The van der Waals surface area contributed by atoms with Crippen molar-refractivity contribution in [1.29, 1.82) is 0 Å². The van der Waals surface area contributed by atoms with E-state index in [4.69, 9.17) is 0 Å². The SMILES string of the molecule is Cc1ccc(Sc2ccc(C(C)O)c(Br)c2)c(C)c1. The second kappa shape index (κ2) is 6.12. The molecular formula is C16H17BrOS. The van der Waals surface area contributed by atoms with Crippen molar-refractivity contribution in [3.63, 3.8) is 0 Å². The van der Waals surface area contributed by atoms with Crippen LogP contribution in [-0.2, 0) is 0 Å². The van der Waals surface area contributed by atoms with Gasteiger partial charge in [0.2, 0.25) is 0 Å². The van der Waals surface area contributed by atoms with Gasteiger partial charge in [-0.2, -0.15) is 0 Å². The van der Waals surface area contributed by atoms with Crippen LogP contribution in [0.5, 0.6) is 0 Å². The highest BCUT2D eigenvalue weighted by Gasteiger charge is 2.08. The maximum atomic E-state index is 9.62. The van der Waals surface area contributed by atoms with Crippen LogP contribution in [0.4, 0.5) is 0 Å². The molecule has 2 rings (SSSR count). The van der Waals surface area contributed by atoms with Gasteiger partial charge in [-0.25, -0.2) is 0 Å². The summed E-state index contributed by atoms with van der Waals surface area (Å²) >= 11 is 5.26. The Morgan fingerprint density at radius 3 is 2.42 bits per heavy atom. The molecule has 0 spiro atoms. The lowest BCUT2D eigenvalue weighted by Gasteiger charge is -2.11. The molecule has 0 aliphatic rings. The summed E-state index contributed by atoms with van der Waals surface area (Å²) in [5.74, 6) is 0. The van der Waals surface area contributed by atoms with E-state index in [1.165, 1.54) is 20.9 Å². The molecule has 0 fully saturated rings. The summed E-state index contributed by atoms with van der Waals surface area (Å²) in [5, 5.41) is 9.62. The van der Waals surface area contributed by atoms with E-state index >= 15 is 0 Å². The van der Waals surface area contributed by atoms with Gasteiger partial charge >= 0.3 is 0 Å². The highest BCUT2D eigenvalue weighted by molar-refractivity contribution is 9.10. The van der Waals surface area contributed by atoms with Gasteiger partial charge in [-0.15, -0.1) is 0 Å². The van der Waals surface area contributed by atoms with Crippen LogP contribution in [0.2, 0.25) is 0 Å². The van der Waals surface area contributed by atoms with Crippen molar-refractivity contribution in [1.82, 2.24) is 0 Å². The number of hydrogen-bond acceptors (Lipinski definition) is 2. The molecule has 2 aromatic carbocycles. The van der Waals surface area contributed by atoms with E-state index < -0.39 is 6.10 Å². The second-order valence-electron chi connectivity index (χ2n) is 4.73. The van der Waals surface area contributed by atoms with Crippen LogP contribution in [0, 0.1) is 13.8 Å². The Morgan fingerprint density at radius 1 is 1.11 bits per heavy atom. The molecule has 0 saturated carbocycles. The van der Waals surface area contributed by atoms with E-state index in [-0.39, 0.29) is 0 Å². The molecule has 1 atom stereocenters. The molecule has 1 N–H and O–H groups in total. The van der Waals surface area contributed by atoms with Gasteiger partial charge in [0.25, 0.3) is 0 Å². The summed E-state index contributed by atoms with van der Waals surface area (Å²) in [5.41, 5.74) is 3.50. The highest BCUT2D eigenvalue weighted by atomic mass is 79.9. The van der Waals surface area contributed by atoms with Crippen LogP contribution in [-0.4, -0.2) is 5.11 Å². The van der Waals surface area contributed by atoms with Crippen molar-refractivity contribution in [2.24, 2.45) is 0 Å². The maximum Gasteiger partial charge on any atom is 0.0772 e. The van der Waals surface area contributed by atoms with Crippen molar-refractivity contribution in [2.45, 2.75) is 36.7 Å². The Labute approximate surface area is 127 Å². The van der Waals surface area contributed by atoms with Crippen LogP contribution in [0.15, 0.2) is 50.7 Å². The van der Waals surface area contributed by atoms with Crippen LogP contribution >= 0.6 is 27.7 Å². The van der Waals surface area contributed by atoms with Gasteiger partial charge in [-0.3, -0.25) is 0 Å². The van der Waals surface area contributed by atoms with E-state index in [9.17, 15) is 5.11 Å². The third-order valence-electron chi connectivity index (χ3n) is 2.98. The lowest BCUT2D eigenvalue weighted by Crippen LogP contribution is -1.92. The highest BCUT2D eigenvalue weighted by Crippen LogP contribution is 2.34. The monoisotopic (exact) mass is 336 g/mol. The van der Waals surface area contributed by atoms with Crippen molar-refractivity contribution >= 4 is 27.7 Å². The lowest BCUT2D eigenvalue weighted by atomic mass is 10.1. The van der Waals surface area contributed by atoms with Gasteiger partial charge in [0.15, 0.2) is 0 Å². The number of halogens is 1. The Morgan fingerprint density at radius 2 is 1.84 bits per heavy atom. The molecule has 0 aliphatic carbocycles. The van der Waals surface area contributed by atoms with E-state index in [1.807, 2.05) is 6.07 Å². The van der Waals surface area contributed by atoms with Crippen LogP contribution in [0.1, 0.15) is 29.7 Å². The minimum atomic E-state index is -0.450. The van der Waals surface area contributed by atoms with Gasteiger partial charge in [0.05, 0.1) is 6.10 Å². The van der Waals surface area contributed by atoms with Crippen LogP contribution in [0.25, 0.3) is 0 Å². The molecule has 1 unspecified atom stereocenters. The number of benzene rings is 2. The molecule has 0 aromatic heterocycles. The van der Waals surface area contributed by atoms with E-state index in [2.05, 4.69) is 60.1 Å². The third kappa shape index (κ3) is 3.62. The maximum absolute atomic E-state index is 9.62. The number of aliphatic hydroxyl groups excluding tert-OH is 1. The largest absolute Gasteiger partial charge is 0.389 e. The minimum absolute atomic E-state index is 0.450. The zero-order chi connectivity index (χ0) is 14.0. The fraction of sp³-hybridized carbons (Fsp3) is 0.250. The zero-order valence-electron chi connectivity index (χ0n) is 11.3. The molecule has 2 aromatic rings. The van der Waals surface area contributed by atoms with Crippen molar-refractivity contribution < 1.29 is 5.11 Å². The quantitative estimate of drug-likeness (QED) is 0.823. The van der Waals surface area contributed by atoms with Crippen LogP contribution < -0.4 is 0 Å². The van der Waals surface area contributed by atoms with Gasteiger partial charge in [0, 0.05) is 14.3 Å². The first-order chi connectivity index (χ1) is 8.97. The summed E-state index contributed by atoms with van der Waals surface area (Å²) in [4.78, 5) is 2.44. The number of aliphatic hydroxyl groups is 1. The van der Waals surface area contributed by atoms with Gasteiger partial charge < -0.3 is 5.11 Å².